The zero-order valence-corrected chi connectivity index (χ0v) is 20.5. The number of halogens is 2. The number of benzene rings is 3. The number of hydrogen-bond acceptors (Lipinski definition) is 3. The number of piperidine rings is 1. The Bertz CT molecular complexity index is 1530. The van der Waals surface area contributed by atoms with Crippen LogP contribution in [0.1, 0.15) is 35.7 Å². The van der Waals surface area contributed by atoms with Crippen molar-refractivity contribution < 1.29 is 8.78 Å². The molecule has 1 aliphatic rings. The summed E-state index contributed by atoms with van der Waals surface area (Å²) < 4.78 is 30.1. The maximum absolute atomic E-state index is 14.1. The van der Waals surface area contributed by atoms with Gasteiger partial charge >= 0.3 is 0 Å². The van der Waals surface area contributed by atoms with Crippen molar-refractivity contribution in [3.63, 3.8) is 0 Å². The summed E-state index contributed by atoms with van der Waals surface area (Å²) in [4.78, 5) is 11.6. The average molecular weight is 495 g/mol. The van der Waals surface area contributed by atoms with Gasteiger partial charge < -0.3 is 4.57 Å². The van der Waals surface area contributed by atoms with Gasteiger partial charge in [0.25, 0.3) is 0 Å². The van der Waals surface area contributed by atoms with Gasteiger partial charge in [0.1, 0.15) is 17.5 Å². The molecular weight excluding hydrogens is 466 g/mol. The predicted octanol–water partition coefficient (Wildman–Crippen LogP) is 6.80. The molecule has 4 nitrogen and oxygen atoms in total. The Morgan fingerprint density at radius 3 is 2.24 bits per heavy atom. The summed E-state index contributed by atoms with van der Waals surface area (Å²) in [6.45, 7) is 3.08. The molecule has 37 heavy (non-hydrogen) atoms. The van der Waals surface area contributed by atoms with Crippen molar-refractivity contribution in [3.8, 4) is 11.1 Å². The number of pyridine rings is 1. The number of nitrogens with zero attached hydrogens (tertiary/aromatic N) is 4. The zero-order chi connectivity index (χ0) is 25.2. The molecule has 1 aliphatic heterocycles. The number of imidazole rings is 1. The van der Waals surface area contributed by atoms with Crippen LogP contribution in [0.2, 0.25) is 0 Å². The first kappa shape index (κ1) is 23.5. The van der Waals surface area contributed by atoms with Crippen LogP contribution in [0.5, 0.6) is 0 Å². The van der Waals surface area contributed by atoms with Crippen molar-refractivity contribution in [1.29, 1.82) is 0 Å². The van der Waals surface area contributed by atoms with Crippen LogP contribution in [0.3, 0.4) is 0 Å². The fourth-order valence-corrected chi connectivity index (χ4v) is 5.46. The maximum Gasteiger partial charge on any atom is 0.123 e. The molecule has 0 radical (unpaired) electrons. The normalized spacial score (nSPS) is 16.3. The first-order valence-electron chi connectivity index (χ1n) is 12.7. The van der Waals surface area contributed by atoms with Crippen LogP contribution in [0.25, 0.3) is 22.2 Å². The van der Waals surface area contributed by atoms with Crippen molar-refractivity contribution in [2.24, 2.45) is 0 Å². The van der Waals surface area contributed by atoms with Gasteiger partial charge in [0.15, 0.2) is 0 Å². The molecule has 1 atom stereocenters. The summed E-state index contributed by atoms with van der Waals surface area (Å²) >= 11 is 0. The van der Waals surface area contributed by atoms with Crippen LogP contribution in [-0.4, -0.2) is 32.5 Å². The highest BCUT2D eigenvalue weighted by atomic mass is 19.1. The van der Waals surface area contributed by atoms with Gasteiger partial charge in [0, 0.05) is 37.9 Å². The lowest BCUT2D eigenvalue weighted by Crippen LogP contribution is -2.35. The number of likely N-dealkylation sites (tertiary alicyclic amines) is 1. The third-order valence-corrected chi connectivity index (χ3v) is 7.19. The number of rotatable bonds is 6. The van der Waals surface area contributed by atoms with Gasteiger partial charge in [-0.3, -0.25) is 9.88 Å². The lowest BCUT2D eigenvalue weighted by Gasteiger charge is -2.32. The van der Waals surface area contributed by atoms with Crippen LogP contribution in [0, 0.1) is 11.6 Å². The Kier molecular flexibility index (Phi) is 6.49. The smallest absolute Gasteiger partial charge is 0.123 e. The van der Waals surface area contributed by atoms with E-state index in [0.717, 1.165) is 65.0 Å². The van der Waals surface area contributed by atoms with E-state index in [-0.39, 0.29) is 17.6 Å². The van der Waals surface area contributed by atoms with Crippen LogP contribution >= 0.6 is 0 Å². The van der Waals surface area contributed by atoms with Crippen molar-refractivity contribution >= 4 is 11.0 Å². The van der Waals surface area contributed by atoms with Crippen molar-refractivity contribution in [2.45, 2.75) is 31.8 Å². The summed E-state index contributed by atoms with van der Waals surface area (Å²) in [5.74, 6) is 0.815. The molecule has 0 N–H and O–H groups in total. The van der Waals surface area contributed by atoms with E-state index < -0.39 is 0 Å². The summed E-state index contributed by atoms with van der Waals surface area (Å²) in [6.07, 6.45) is 5.67. The van der Waals surface area contributed by atoms with Gasteiger partial charge in [-0.25, -0.2) is 13.8 Å². The molecule has 5 aromatic rings. The van der Waals surface area contributed by atoms with Crippen LogP contribution in [0.15, 0.2) is 91.3 Å². The number of hydrogen-bond donors (Lipinski definition) is 0. The van der Waals surface area contributed by atoms with Crippen LogP contribution < -0.4 is 0 Å². The first-order valence-corrected chi connectivity index (χ1v) is 12.7. The Morgan fingerprint density at radius 2 is 1.51 bits per heavy atom. The molecule has 0 aliphatic carbocycles. The predicted molar refractivity (Wildman–Crippen MR) is 142 cm³/mol. The average Bonchev–Trinajstić information content (AvgIpc) is 3.27. The van der Waals surface area contributed by atoms with E-state index in [1.54, 1.807) is 36.7 Å². The van der Waals surface area contributed by atoms with E-state index in [4.69, 9.17) is 4.98 Å². The quantitative estimate of drug-likeness (QED) is 0.260. The maximum atomic E-state index is 14.1. The van der Waals surface area contributed by atoms with Gasteiger partial charge in [0.2, 0.25) is 0 Å². The monoisotopic (exact) mass is 494 g/mol. The van der Waals surface area contributed by atoms with Gasteiger partial charge in [-0.2, -0.15) is 0 Å². The van der Waals surface area contributed by atoms with Gasteiger partial charge in [0.05, 0.1) is 11.0 Å². The highest BCUT2D eigenvalue weighted by Crippen LogP contribution is 2.32. The summed E-state index contributed by atoms with van der Waals surface area (Å²) in [5.41, 5.74) is 6.05. The summed E-state index contributed by atoms with van der Waals surface area (Å²) in [5, 5.41) is 0. The van der Waals surface area contributed by atoms with Gasteiger partial charge in [-0.1, -0.05) is 30.3 Å². The zero-order valence-electron chi connectivity index (χ0n) is 20.5. The highest BCUT2D eigenvalue weighted by molar-refractivity contribution is 5.83. The second-order valence-electron chi connectivity index (χ2n) is 9.83. The molecule has 6 heteroatoms. The van der Waals surface area contributed by atoms with Crippen LogP contribution in [0.4, 0.5) is 8.78 Å². The molecular formula is C31H28F2N4. The minimum atomic E-state index is -0.236. The van der Waals surface area contributed by atoms with Crippen molar-refractivity contribution in [3.05, 3.63) is 120 Å². The Hall–Kier alpha value is -3.90. The number of fused-ring (bicyclic) bond motifs is 1. The standard InChI is InChI=1S/C31H28F2N4/c32-27-7-1-4-22(16-27)19-36-15-3-6-26(21-36)31-35-29-10-9-25(24-11-13-34-14-12-24)18-30(29)37(31)20-23-5-2-8-28(33)17-23/h1-2,4-5,7-14,16-18,26H,3,6,15,19-21H2. The SMILES string of the molecule is Fc1cccc(CN2CCCC(c3nc4ccc(-c5ccncc5)cc4n3Cc3cccc(F)c3)C2)c1. The molecule has 3 aromatic carbocycles. The second kappa shape index (κ2) is 10.2. The summed E-state index contributed by atoms with van der Waals surface area (Å²) in [7, 11) is 0. The minimum absolute atomic E-state index is 0.201. The third-order valence-electron chi connectivity index (χ3n) is 7.19. The second-order valence-corrected chi connectivity index (χ2v) is 9.83. The lowest BCUT2D eigenvalue weighted by atomic mass is 9.96. The molecule has 3 heterocycles. The molecule has 1 saturated heterocycles. The molecule has 2 aromatic heterocycles. The largest absolute Gasteiger partial charge is 0.323 e. The molecule has 0 amide bonds. The van der Waals surface area contributed by atoms with Gasteiger partial charge in [-0.05, 0) is 90.2 Å². The Morgan fingerprint density at radius 1 is 0.784 bits per heavy atom. The topological polar surface area (TPSA) is 34.0 Å². The molecule has 1 unspecified atom stereocenters. The molecule has 0 saturated carbocycles. The van der Waals surface area contributed by atoms with Crippen LogP contribution in [-0.2, 0) is 13.1 Å². The summed E-state index contributed by atoms with van der Waals surface area (Å²) in [6, 6.07) is 24.0. The van der Waals surface area contributed by atoms with E-state index in [1.807, 2.05) is 24.3 Å². The molecule has 6 rings (SSSR count). The molecule has 0 spiro atoms. The van der Waals surface area contributed by atoms with E-state index in [9.17, 15) is 8.78 Å². The molecule has 186 valence electrons. The van der Waals surface area contributed by atoms with E-state index >= 15 is 0 Å². The van der Waals surface area contributed by atoms with Crippen molar-refractivity contribution in [2.75, 3.05) is 13.1 Å². The minimum Gasteiger partial charge on any atom is -0.323 e. The molecule has 0 bridgehead atoms. The fourth-order valence-electron chi connectivity index (χ4n) is 5.46. The fraction of sp³-hybridized carbons (Fsp3) is 0.226. The van der Waals surface area contributed by atoms with E-state index in [0.29, 0.717) is 13.1 Å². The number of aromatic nitrogens is 3. The van der Waals surface area contributed by atoms with E-state index in [1.165, 1.54) is 12.1 Å². The van der Waals surface area contributed by atoms with E-state index in [2.05, 4.69) is 32.7 Å². The van der Waals surface area contributed by atoms with Gasteiger partial charge in [-0.15, -0.1) is 0 Å². The lowest BCUT2D eigenvalue weighted by molar-refractivity contribution is 0.195. The first-order chi connectivity index (χ1) is 18.1. The molecule has 1 fully saturated rings. The Balaban J connectivity index is 1.37. The van der Waals surface area contributed by atoms with Crippen molar-refractivity contribution in [1.82, 2.24) is 19.4 Å². The Labute approximate surface area is 215 Å². The third kappa shape index (κ3) is 5.16. The highest BCUT2D eigenvalue weighted by Gasteiger charge is 2.27.